The number of hydrogen-bond acceptors (Lipinski definition) is 4. The molecule has 0 aliphatic carbocycles. The number of likely N-dealkylation sites (N-methyl/N-ethyl adjacent to an activating group) is 1. The van der Waals surface area contributed by atoms with E-state index < -0.39 is 0 Å². The van der Waals surface area contributed by atoms with E-state index in [1.165, 1.54) is 0 Å². The lowest BCUT2D eigenvalue weighted by molar-refractivity contribution is -0.120. The van der Waals surface area contributed by atoms with Gasteiger partial charge in [-0.25, -0.2) is 0 Å². The molecule has 0 aromatic heterocycles. The molecule has 0 saturated carbocycles. The van der Waals surface area contributed by atoms with Crippen LogP contribution in [-0.4, -0.2) is 43.2 Å². The summed E-state index contributed by atoms with van der Waals surface area (Å²) in [6.45, 7) is 2.93. The van der Waals surface area contributed by atoms with Gasteiger partial charge in [0.2, 0.25) is 5.91 Å². The van der Waals surface area contributed by atoms with Crippen molar-refractivity contribution in [2.24, 2.45) is 0 Å². The Hall–Kier alpha value is -1.57. The minimum atomic E-state index is -0.314. The van der Waals surface area contributed by atoms with E-state index in [4.69, 9.17) is 9.47 Å². The van der Waals surface area contributed by atoms with E-state index >= 15 is 0 Å². The van der Waals surface area contributed by atoms with E-state index in [-0.39, 0.29) is 18.1 Å². The number of para-hydroxylation sites is 2. The maximum absolute atomic E-state index is 12.6. The summed E-state index contributed by atoms with van der Waals surface area (Å²) < 4.78 is 13.5. The van der Waals surface area contributed by atoms with E-state index in [0.717, 1.165) is 26.1 Å². The molecule has 0 saturated heterocycles. The summed E-state index contributed by atoms with van der Waals surface area (Å²) >= 11 is 6.87. The zero-order chi connectivity index (χ0) is 18.7. The number of carbonyl (C=O) groups excluding carboxylic acids is 1. The Morgan fingerprint density at radius 3 is 2.73 bits per heavy atom. The van der Waals surface area contributed by atoms with Crippen LogP contribution in [0, 0.1) is 0 Å². The molecule has 2 aromatic rings. The Morgan fingerprint density at radius 1 is 1.27 bits per heavy atom. The fraction of sp³-hybridized carbons (Fsp3) is 0.316. The SMILES string of the molecule is CC(C(=O)Nc1ccc(Br)cc1Br)N(C)CC1COc2ccccc2O1. The van der Waals surface area contributed by atoms with Crippen molar-refractivity contribution in [3.05, 3.63) is 51.4 Å². The van der Waals surface area contributed by atoms with E-state index in [9.17, 15) is 4.79 Å². The van der Waals surface area contributed by atoms with Gasteiger partial charge in [-0.3, -0.25) is 9.69 Å². The van der Waals surface area contributed by atoms with Gasteiger partial charge in [-0.15, -0.1) is 0 Å². The van der Waals surface area contributed by atoms with Gasteiger partial charge in [0.05, 0.1) is 11.7 Å². The average Bonchev–Trinajstić information content (AvgIpc) is 2.63. The molecular formula is C19H20Br2N2O3. The van der Waals surface area contributed by atoms with Crippen LogP contribution in [-0.2, 0) is 4.79 Å². The first-order valence-corrected chi connectivity index (χ1v) is 9.87. The summed E-state index contributed by atoms with van der Waals surface area (Å²) in [5.41, 5.74) is 0.740. The Bertz CT molecular complexity index is 800. The van der Waals surface area contributed by atoms with Crippen molar-refractivity contribution >= 4 is 43.5 Å². The molecule has 7 heteroatoms. The van der Waals surface area contributed by atoms with Crippen molar-refractivity contribution in [1.29, 1.82) is 0 Å². The molecule has 0 spiro atoms. The molecule has 26 heavy (non-hydrogen) atoms. The van der Waals surface area contributed by atoms with Gasteiger partial charge in [0.25, 0.3) is 0 Å². The smallest absolute Gasteiger partial charge is 0.241 e. The van der Waals surface area contributed by atoms with E-state index in [0.29, 0.717) is 13.2 Å². The third-order valence-electron chi connectivity index (χ3n) is 4.29. The van der Waals surface area contributed by atoms with Crippen LogP contribution in [0.1, 0.15) is 6.92 Å². The highest BCUT2D eigenvalue weighted by molar-refractivity contribution is 9.11. The predicted octanol–water partition coefficient (Wildman–Crippen LogP) is 4.31. The molecule has 1 aliphatic heterocycles. The molecule has 1 N–H and O–H groups in total. The van der Waals surface area contributed by atoms with Crippen molar-refractivity contribution in [2.45, 2.75) is 19.1 Å². The molecular weight excluding hydrogens is 464 g/mol. The quantitative estimate of drug-likeness (QED) is 0.688. The predicted molar refractivity (Wildman–Crippen MR) is 109 cm³/mol. The van der Waals surface area contributed by atoms with Crippen molar-refractivity contribution in [1.82, 2.24) is 4.90 Å². The highest BCUT2D eigenvalue weighted by Crippen LogP contribution is 2.31. The molecule has 2 unspecified atom stereocenters. The Balaban J connectivity index is 1.57. The largest absolute Gasteiger partial charge is 0.486 e. The highest BCUT2D eigenvalue weighted by Gasteiger charge is 2.26. The normalized spacial score (nSPS) is 17.0. The van der Waals surface area contributed by atoms with Gasteiger partial charge in [0.15, 0.2) is 11.5 Å². The number of hydrogen-bond donors (Lipinski definition) is 1. The molecule has 138 valence electrons. The summed E-state index contributed by atoms with van der Waals surface area (Å²) in [6, 6.07) is 12.9. The molecule has 1 amide bonds. The lowest BCUT2D eigenvalue weighted by Crippen LogP contribution is -2.46. The molecule has 0 fully saturated rings. The standard InChI is InChI=1S/C19H20Br2N2O3/c1-12(19(24)22-16-8-7-13(20)9-15(16)21)23(2)10-14-11-25-17-5-3-4-6-18(17)26-14/h3-9,12,14H,10-11H2,1-2H3,(H,22,24). The Labute approximate surface area is 169 Å². The Kier molecular flexibility index (Phi) is 6.21. The summed E-state index contributed by atoms with van der Waals surface area (Å²) in [6.07, 6.45) is -0.121. The van der Waals surface area contributed by atoms with Crippen LogP contribution in [0.2, 0.25) is 0 Å². The number of amides is 1. The maximum atomic E-state index is 12.6. The fourth-order valence-electron chi connectivity index (χ4n) is 2.66. The van der Waals surface area contributed by atoms with Crippen LogP contribution in [0.25, 0.3) is 0 Å². The van der Waals surface area contributed by atoms with Gasteiger partial charge in [-0.1, -0.05) is 28.1 Å². The first-order valence-electron chi connectivity index (χ1n) is 8.28. The van der Waals surface area contributed by atoms with Gasteiger partial charge in [0.1, 0.15) is 12.7 Å². The number of anilines is 1. The molecule has 5 nitrogen and oxygen atoms in total. The second kappa shape index (κ2) is 8.41. The van der Waals surface area contributed by atoms with Gasteiger partial charge in [0, 0.05) is 15.5 Å². The summed E-state index contributed by atoms with van der Waals surface area (Å²) in [5, 5.41) is 2.95. The number of fused-ring (bicyclic) bond motifs is 1. The molecule has 1 aliphatic rings. The van der Waals surface area contributed by atoms with Gasteiger partial charge < -0.3 is 14.8 Å². The van der Waals surface area contributed by atoms with E-state index in [1.54, 1.807) is 0 Å². The summed E-state index contributed by atoms with van der Waals surface area (Å²) in [4.78, 5) is 14.5. The summed E-state index contributed by atoms with van der Waals surface area (Å²) in [5.74, 6) is 1.43. The van der Waals surface area contributed by atoms with Crippen LogP contribution in [0.5, 0.6) is 11.5 Å². The van der Waals surface area contributed by atoms with Crippen LogP contribution in [0.15, 0.2) is 51.4 Å². The number of ether oxygens (including phenoxy) is 2. The molecule has 1 heterocycles. The lowest BCUT2D eigenvalue weighted by atomic mass is 10.2. The molecule has 3 rings (SSSR count). The van der Waals surface area contributed by atoms with Crippen LogP contribution >= 0.6 is 31.9 Å². The molecule has 2 atom stereocenters. The molecule has 2 aromatic carbocycles. The van der Waals surface area contributed by atoms with Crippen LogP contribution in [0.3, 0.4) is 0 Å². The van der Waals surface area contributed by atoms with Gasteiger partial charge in [-0.2, -0.15) is 0 Å². The minimum Gasteiger partial charge on any atom is -0.486 e. The van der Waals surface area contributed by atoms with Crippen LogP contribution in [0.4, 0.5) is 5.69 Å². The highest BCUT2D eigenvalue weighted by atomic mass is 79.9. The zero-order valence-electron chi connectivity index (χ0n) is 14.5. The molecule has 0 bridgehead atoms. The second-order valence-electron chi connectivity index (χ2n) is 6.23. The number of nitrogens with one attached hydrogen (secondary N) is 1. The number of benzene rings is 2. The third-order valence-corrected chi connectivity index (χ3v) is 5.44. The number of carbonyl (C=O) groups is 1. The first-order chi connectivity index (χ1) is 12.4. The average molecular weight is 484 g/mol. The summed E-state index contributed by atoms with van der Waals surface area (Å²) in [7, 11) is 1.91. The topological polar surface area (TPSA) is 50.8 Å². The maximum Gasteiger partial charge on any atom is 0.241 e. The van der Waals surface area contributed by atoms with Crippen LogP contribution < -0.4 is 14.8 Å². The second-order valence-corrected chi connectivity index (χ2v) is 8.00. The fourth-order valence-corrected chi connectivity index (χ4v) is 3.81. The number of nitrogens with zero attached hydrogens (tertiary/aromatic N) is 1. The number of halogens is 2. The van der Waals surface area contributed by atoms with Crippen molar-refractivity contribution in [2.75, 3.05) is 25.5 Å². The van der Waals surface area contributed by atoms with Crippen molar-refractivity contribution in [3.63, 3.8) is 0 Å². The monoisotopic (exact) mass is 482 g/mol. The Morgan fingerprint density at radius 2 is 2.00 bits per heavy atom. The van der Waals surface area contributed by atoms with Gasteiger partial charge in [-0.05, 0) is 60.2 Å². The first kappa shape index (κ1) is 19.2. The zero-order valence-corrected chi connectivity index (χ0v) is 17.7. The lowest BCUT2D eigenvalue weighted by Gasteiger charge is -2.31. The van der Waals surface area contributed by atoms with E-state index in [1.807, 2.05) is 61.3 Å². The van der Waals surface area contributed by atoms with Gasteiger partial charge >= 0.3 is 0 Å². The van der Waals surface area contributed by atoms with E-state index in [2.05, 4.69) is 37.2 Å². The number of rotatable bonds is 5. The molecule has 0 radical (unpaired) electrons. The van der Waals surface area contributed by atoms with Crippen molar-refractivity contribution in [3.8, 4) is 11.5 Å². The van der Waals surface area contributed by atoms with Crippen molar-refractivity contribution < 1.29 is 14.3 Å². The third kappa shape index (κ3) is 4.58. The minimum absolute atomic E-state index is 0.0762.